The molecule has 0 aliphatic carbocycles. The second kappa shape index (κ2) is 12.4. The quantitative estimate of drug-likeness (QED) is 0.248. The van der Waals surface area contributed by atoms with Gasteiger partial charge < -0.3 is 5.21 Å². The number of hydrogen-bond donors (Lipinski definition) is 1. The molecule has 1 atom stereocenters. The molecule has 0 aromatic carbocycles. The lowest BCUT2D eigenvalue weighted by Gasteiger charge is -2.05. The van der Waals surface area contributed by atoms with E-state index >= 15 is 0 Å². The molecule has 1 unspecified atom stereocenters. The summed E-state index contributed by atoms with van der Waals surface area (Å²) in [7, 11) is 0. The summed E-state index contributed by atoms with van der Waals surface area (Å²) in [6, 6.07) is 4.18. The van der Waals surface area contributed by atoms with Crippen LogP contribution in [0.25, 0.3) is 0 Å². The van der Waals surface area contributed by atoms with Crippen molar-refractivity contribution in [3.8, 4) is 0 Å². The van der Waals surface area contributed by atoms with Crippen LogP contribution in [0, 0.1) is 5.92 Å². The smallest absolute Gasteiger partial charge is 0.0464 e. The predicted molar refractivity (Wildman–Crippen MR) is 88.9 cm³/mol. The van der Waals surface area contributed by atoms with E-state index < -0.39 is 0 Å². The van der Waals surface area contributed by atoms with Crippen molar-refractivity contribution in [3.05, 3.63) is 30.1 Å². The Morgan fingerprint density at radius 1 is 1.10 bits per heavy atom. The van der Waals surface area contributed by atoms with Gasteiger partial charge in [0.1, 0.15) is 0 Å². The minimum atomic E-state index is 0.405. The van der Waals surface area contributed by atoms with Crippen molar-refractivity contribution in [2.24, 2.45) is 11.1 Å². The summed E-state index contributed by atoms with van der Waals surface area (Å²) >= 11 is 0. The third-order valence-electron chi connectivity index (χ3n) is 3.92. The minimum absolute atomic E-state index is 0.405. The minimum Gasteiger partial charge on any atom is -0.411 e. The van der Waals surface area contributed by atoms with Crippen LogP contribution in [0.1, 0.15) is 70.3 Å². The Kier molecular flexibility index (Phi) is 10.4. The first-order valence-electron chi connectivity index (χ1n) is 8.39. The highest BCUT2D eigenvalue weighted by Gasteiger charge is 1.98. The predicted octanol–water partition coefficient (Wildman–Crippen LogP) is 5.23. The van der Waals surface area contributed by atoms with Gasteiger partial charge in [0, 0.05) is 18.6 Å². The summed E-state index contributed by atoms with van der Waals surface area (Å²) in [6.45, 7) is 2.10. The van der Waals surface area contributed by atoms with Crippen LogP contribution in [-0.4, -0.2) is 16.4 Å². The maximum Gasteiger partial charge on any atom is 0.0464 e. The SMILES string of the molecule is CC(/C=N/O)CCCCCCCCCCc1cccnc1. The Morgan fingerprint density at radius 2 is 1.76 bits per heavy atom. The maximum atomic E-state index is 8.42. The number of oxime groups is 1. The molecule has 0 amide bonds. The number of hydrogen-bond acceptors (Lipinski definition) is 3. The largest absolute Gasteiger partial charge is 0.411 e. The first-order chi connectivity index (χ1) is 10.3. The third-order valence-corrected chi connectivity index (χ3v) is 3.92. The molecule has 1 N–H and O–H groups in total. The molecule has 0 radical (unpaired) electrons. The molecule has 0 aliphatic rings. The monoisotopic (exact) mass is 290 g/mol. The normalized spacial score (nSPS) is 12.8. The van der Waals surface area contributed by atoms with E-state index in [0.29, 0.717) is 5.92 Å². The molecular weight excluding hydrogens is 260 g/mol. The summed E-state index contributed by atoms with van der Waals surface area (Å²) in [6.07, 6.45) is 18.3. The molecule has 3 heteroatoms. The third kappa shape index (κ3) is 10.1. The van der Waals surface area contributed by atoms with Crippen LogP contribution in [0.4, 0.5) is 0 Å². The topological polar surface area (TPSA) is 45.5 Å². The lowest BCUT2D eigenvalue weighted by Crippen LogP contribution is -1.95. The van der Waals surface area contributed by atoms with Gasteiger partial charge in [-0.3, -0.25) is 4.98 Å². The molecule has 0 spiro atoms. The number of aryl methyl sites for hydroxylation is 1. The second-order valence-corrected chi connectivity index (χ2v) is 5.97. The maximum absolute atomic E-state index is 8.42. The molecular formula is C18H30N2O. The van der Waals surface area contributed by atoms with Crippen LogP contribution in [0.5, 0.6) is 0 Å². The van der Waals surface area contributed by atoms with Crippen LogP contribution in [0.2, 0.25) is 0 Å². The van der Waals surface area contributed by atoms with Gasteiger partial charge in [0.05, 0.1) is 0 Å². The van der Waals surface area contributed by atoms with E-state index in [1.54, 1.807) is 6.21 Å². The molecule has 21 heavy (non-hydrogen) atoms. The zero-order chi connectivity index (χ0) is 15.2. The summed E-state index contributed by atoms with van der Waals surface area (Å²) in [5.74, 6) is 0.405. The number of unbranched alkanes of at least 4 members (excludes halogenated alkanes) is 7. The van der Waals surface area contributed by atoms with Crippen LogP contribution < -0.4 is 0 Å². The lowest BCUT2D eigenvalue weighted by molar-refractivity contribution is 0.318. The van der Waals surface area contributed by atoms with Crippen LogP contribution >= 0.6 is 0 Å². The van der Waals surface area contributed by atoms with Gasteiger partial charge in [-0.15, -0.1) is 5.16 Å². The molecule has 118 valence electrons. The van der Waals surface area contributed by atoms with Gasteiger partial charge >= 0.3 is 0 Å². The van der Waals surface area contributed by atoms with E-state index in [1.807, 2.05) is 18.5 Å². The highest BCUT2D eigenvalue weighted by atomic mass is 16.4. The Morgan fingerprint density at radius 3 is 2.38 bits per heavy atom. The fraction of sp³-hybridized carbons (Fsp3) is 0.667. The van der Waals surface area contributed by atoms with Crippen molar-refractivity contribution in [2.45, 2.75) is 71.1 Å². The number of pyridine rings is 1. The van der Waals surface area contributed by atoms with E-state index in [0.717, 1.165) is 12.8 Å². The molecule has 1 aromatic rings. The zero-order valence-electron chi connectivity index (χ0n) is 13.4. The van der Waals surface area contributed by atoms with Gasteiger partial charge in [-0.05, 0) is 36.8 Å². The van der Waals surface area contributed by atoms with Crippen LogP contribution in [0.15, 0.2) is 29.7 Å². The van der Waals surface area contributed by atoms with E-state index in [1.165, 1.54) is 56.9 Å². The average Bonchev–Trinajstić information content (AvgIpc) is 2.50. The van der Waals surface area contributed by atoms with Gasteiger partial charge in [-0.25, -0.2) is 0 Å². The molecule has 1 aromatic heterocycles. The molecule has 0 saturated heterocycles. The molecule has 1 heterocycles. The number of aromatic nitrogens is 1. The van der Waals surface area contributed by atoms with E-state index in [-0.39, 0.29) is 0 Å². The average molecular weight is 290 g/mol. The van der Waals surface area contributed by atoms with Crippen molar-refractivity contribution < 1.29 is 5.21 Å². The van der Waals surface area contributed by atoms with E-state index in [9.17, 15) is 0 Å². The summed E-state index contributed by atoms with van der Waals surface area (Å²) in [4.78, 5) is 4.14. The fourth-order valence-corrected chi connectivity index (χ4v) is 2.59. The summed E-state index contributed by atoms with van der Waals surface area (Å²) in [5.41, 5.74) is 1.36. The first kappa shape index (κ1) is 17.7. The summed E-state index contributed by atoms with van der Waals surface area (Å²) in [5, 5.41) is 11.5. The standard InChI is InChI=1S/C18H30N2O/c1-17(15-20-21)11-8-6-4-2-3-5-7-9-12-18-13-10-14-19-16-18/h10,13-17,21H,2-9,11-12H2,1H3/b20-15+. The highest BCUT2D eigenvalue weighted by Crippen LogP contribution is 2.13. The second-order valence-electron chi connectivity index (χ2n) is 5.97. The van der Waals surface area contributed by atoms with E-state index in [4.69, 9.17) is 5.21 Å². The Balaban J connectivity index is 1.83. The van der Waals surface area contributed by atoms with Crippen molar-refractivity contribution in [3.63, 3.8) is 0 Å². The molecule has 0 saturated carbocycles. The zero-order valence-corrected chi connectivity index (χ0v) is 13.4. The Bertz CT molecular complexity index is 365. The van der Waals surface area contributed by atoms with Gasteiger partial charge in [0.25, 0.3) is 0 Å². The van der Waals surface area contributed by atoms with Crippen LogP contribution in [-0.2, 0) is 6.42 Å². The number of nitrogens with zero attached hydrogens (tertiary/aromatic N) is 2. The van der Waals surface area contributed by atoms with Gasteiger partial charge in [0.15, 0.2) is 0 Å². The van der Waals surface area contributed by atoms with Gasteiger partial charge in [0.2, 0.25) is 0 Å². The molecule has 0 aliphatic heterocycles. The van der Waals surface area contributed by atoms with Crippen molar-refractivity contribution in [2.75, 3.05) is 0 Å². The van der Waals surface area contributed by atoms with Crippen molar-refractivity contribution in [1.29, 1.82) is 0 Å². The lowest BCUT2D eigenvalue weighted by atomic mass is 10.0. The molecule has 0 bridgehead atoms. The van der Waals surface area contributed by atoms with Crippen molar-refractivity contribution >= 4 is 6.21 Å². The molecule has 3 nitrogen and oxygen atoms in total. The molecule has 1 rings (SSSR count). The number of rotatable bonds is 12. The van der Waals surface area contributed by atoms with Gasteiger partial charge in [-0.2, -0.15) is 0 Å². The highest BCUT2D eigenvalue weighted by molar-refractivity contribution is 5.58. The van der Waals surface area contributed by atoms with Crippen molar-refractivity contribution in [1.82, 2.24) is 4.98 Å². The Hall–Kier alpha value is -1.38. The fourth-order valence-electron chi connectivity index (χ4n) is 2.59. The van der Waals surface area contributed by atoms with Gasteiger partial charge in [-0.1, -0.05) is 57.9 Å². The summed E-state index contributed by atoms with van der Waals surface area (Å²) < 4.78 is 0. The first-order valence-corrected chi connectivity index (χ1v) is 8.39. The Labute approximate surface area is 129 Å². The molecule has 0 fully saturated rings. The van der Waals surface area contributed by atoms with E-state index in [2.05, 4.69) is 23.1 Å². The van der Waals surface area contributed by atoms with Crippen LogP contribution in [0.3, 0.4) is 0 Å².